The molecule has 10 heteroatoms. The van der Waals surface area contributed by atoms with Crippen LogP contribution >= 0.6 is 0 Å². The lowest BCUT2D eigenvalue weighted by Crippen LogP contribution is -2.39. The van der Waals surface area contributed by atoms with Crippen LogP contribution in [0, 0.1) is 6.92 Å². The molecule has 1 aromatic carbocycles. The number of carbonyl (C=O) groups is 1. The van der Waals surface area contributed by atoms with Gasteiger partial charge in [0.15, 0.2) is 11.4 Å². The van der Waals surface area contributed by atoms with Crippen molar-refractivity contribution < 1.29 is 14.6 Å². The van der Waals surface area contributed by atoms with E-state index in [-0.39, 0.29) is 6.04 Å². The maximum Gasteiger partial charge on any atom is 0.331 e. The van der Waals surface area contributed by atoms with Crippen molar-refractivity contribution in [1.82, 2.24) is 34.1 Å². The summed E-state index contributed by atoms with van der Waals surface area (Å²) in [5, 5.41) is 18.7. The number of ether oxygens (including phenoxy) is 1. The van der Waals surface area contributed by atoms with E-state index >= 15 is 0 Å². The van der Waals surface area contributed by atoms with Crippen LogP contribution in [0.5, 0.6) is 5.75 Å². The molecule has 1 aliphatic rings. The third-order valence-corrected chi connectivity index (χ3v) is 6.66. The summed E-state index contributed by atoms with van der Waals surface area (Å²) in [7, 11) is 0. The van der Waals surface area contributed by atoms with Crippen LogP contribution in [0.1, 0.15) is 52.4 Å². The summed E-state index contributed by atoms with van der Waals surface area (Å²) in [6.07, 6.45) is 6.74. The van der Waals surface area contributed by atoms with Gasteiger partial charge in [-0.3, -0.25) is 4.68 Å². The molecule has 0 saturated carbocycles. The van der Waals surface area contributed by atoms with E-state index < -0.39 is 11.5 Å². The first-order valence-electron chi connectivity index (χ1n) is 12.3. The Hall–Kier alpha value is -3.95. The fourth-order valence-corrected chi connectivity index (χ4v) is 4.68. The Balaban J connectivity index is 1.52. The fourth-order valence-electron chi connectivity index (χ4n) is 4.68. The maximum absolute atomic E-state index is 12.0. The molecule has 5 rings (SSSR count). The van der Waals surface area contributed by atoms with E-state index in [9.17, 15) is 9.90 Å². The first kappa shape index (κ1) is 23.8. The van der Waals surface area contributed by atoms with Crippen LogP contribution in [0.25, 0.3) is 34.0 Å². The Morgan fingerprint density at radius 2 is 2.00 bits per heavy atom. The van der Waals surface area contributed by atoms with Gasteiger partial charge in [-0.05, 0) is 51.8 Å². The highest BCUT2D eigenvalue weighted by Gasteiger charge is 2.35. The van der Waals surface area contributed by atoms with Crippen molar-refractivity contribution in [1.29, 1.82) is 0 Å². The van der Waals surface area contributed by atoms with E-state index in [0.29, 0.717) is 25.4 Å². The molecule has 36 heavy (non-hydrogen) atoms. The lowest BCUT2D eigenvalue weighted by molar-refractivity contribution is -0.147. The van der Waals surface area contributed by atoms with Crippen molar-refractivity contribution in [2.75, 3.05) is 6.61 Å². The number of aromatic nitrogens is 7. The number of nitrogens with zero attached hydrogens (tertiary/aromatic N) is 7. The number of carboxylic acid groups (broad SMARTS) is 1. The van der Waals surface area contributed by atoms with Gasteiger partial charge in [-0.25, -0.2) is 19.4 Å². The van der Waals surface area contributed by atoms with Crippen molar-refractivity contribution in [3.05, 3.63) is 42.6 Å². The highest BCUT2D eigenvalue weighted by molar-refractivity contribution is 5.77. The van der Waals surface area contributed by atoms with Gasteiger partial charge in [0.05, 0.1) is 18.3 Å². The molecule has 4 heterocycles. The van der Waals surface area contributed by atoms with E-state index in [2.05, 4.69) is 33.6 Å². The highest BCUT2D eigenvalue weighted by atomic mass is 16.5. The quantitative estimate of drug-likeness (QED) is 0.405. The van der Waals surface area contributed by atoms with Gasteiger partial charge in [0.1, 0.15) is 29.7 Å². The lowest BCUT2D eigenvalue weighted by atomic mass is 9.96. The second kappa shape index (κ2) is 8.92. The smallest absolute Gasteiger partial charge is 0.331 e. The first-order chi connectivity index (χ1) is 17.2. The minimum Gasteiger partial charge on any atom is -0.491 e. The van der Waals surface area contributed by atoms with Crippen LogP contribution < -0.4 is 4.74 Å². The number of aliphatic carboxylic acids is 1. The highest BCUT2D eigenvalue weighted by Crippen LogP contribution is 2.37. The summed E-state index contributed by atoms with van der Waals surface area (Å²) in [4.78, 5) is 21.5. The van der Waals surface area contributed by atoms with Gasteiger partial charge in [-0.1, -0.05) is 19.4 Å². The van der Waals surface area contributed by atoms with Gasteiger partial charge in [-0.2, -0.15) is 10.2 Å². The van der Waals surface area contributed by atoms with Crippen molar-refractivity contribution >= 4 is 5.97 Å². The van der Waals surface area contributed by atoms with Crippen LogP contribution in [-0.4, -0.2) is 51.8 Å². The Bertz CT molecular complexity index is 1430. The van der Waals surface area contributed by atoms with E-state index in [1.807, 2.05) is 42.9 Å². The molecule has 1 atom stereocenters. The van der Waals surface area contributed by atoms with Gasteiger partial charge in [0.2, 0.25) is 0 Å². The molecule has 0 bridgehead atoms. The summed E-state index contributed by atoms with van der Waals surface area (Å²) < 4.78 is 11.6. The largest absolute Gasteiger partial charge is 0.491 e. The summed E-state index contributed by atoms with van der Waals surface area (Å²) in [5.41, 5.74) is 2.31. The average Bonchev–Trinajstić information content (AvgIpc) is 3.56. The number of aryl methyl sites for hydroxylation is 1. The first-order valence-corrected chi connectivity index (χ1v) is 12.3. The van der Waals surface area contributed by atoms with Crippen molar-refractivity contribution in [3.63, 3.8) is 0 Å². The normalized spacial score (nSPS) is 14.6. The van der Waals surface area contributed by atoms with Gasteiger partial charge < -0.3 is 14.4 Å². The van der Waals surface area contributed by atoms with E-state index in [1.54, 1.807) is 24.0 Å². The number of imidazole rings is 1. The molecule has 0 aliphatic carbocycles. The van der Waals surface area contributed by atoms with Crippen LogP contribution in [0.15, 0.2) is 36.8 Å². The zero-order valence-electron chi connectivity index (χ0n) is 21.3. The molecule has 188 valence electrons. The molecule has 1 aliphatic heterocycles. The molecule has 10 nitrogen and oxygen atoms in total. The Labute approximate surface area is 209 Å². The van der Waals surface area contributed by atoms with Crippen LogP contribution in [0.3, 0.4) is 0 Å². The molecular weight excluding hydrogens is 458 g/mol. The standard InChI is InChI=1S/C26H31N7O3/c1-6-9-26(5,25(34)35)32-14-19(13-27-32)18-7-8-20-22(12-18)36-11-10-31-15-21(29-23(20)31)24-28-17(4)30-33(24)16(2)3/h7-8,12-16H,6,9-11H2,1-5H3,(H,34,35). The Kier molecular flexibility index (Phi) is 5.89. The van der Waals surface area contributed by atoms with Crippen LogP contribution in [0.2, 0.25) is 0 Å². The molecular formula is C26H31N7O3. The monoisotopic (exact) mass is 489 g/mol. The number of hydrogen-bond donors (Lipinski definition) is 1. The maximum atomic E-state index is 12.0. The molecule has 1 N–H and O–H groups in total. The molecule has 3 aromatic heterocycles. The summed E-state index contributed by atoms with van der Waals surface area (Å²) in [5.74, 6) is 2.12. The summed E-state index contributed by atoms with van der Waals surface area (Å²) in [6, 6.07) is 6.13. The predicted molar refractivity (Wildman–Crippen MR) is 135 cm³/mol. The Morgan fingerprint density at radius 1 is 1.19 bits per heavy atom. The molecule has 0 spiro atoms. The van der Waals surface area contributed by atoms with E-state index in [1.165, 1.54) is 0 Å². The minimum atomic E-state index is -1.09. The second-order valence-corrected chi connectivity index (χ2v) is 9.73. The van der Waals surface area contributed by atoms with Crippen LogP contribution in [0.4, 0.5) is 0 Å². The van der Waals surface area contributed by atoms with Gasteiger partial charge in [0.25, 0.3) is 0 Å². The van der Waals surface area contributed by atoms with E-state index in [4.69, 9.17) is 9.72 Å². The topological polar surface area (TPSA) is 113 Å². The third-order valence-electron chi connectivity index (χ3n) is 6.66. The minimum absolute atomic E-state index is 0.169. The van der Waals surface area contributed by atoms with Gasteiger partial charge in [0, 0.05) is 24.0 Å². The average molecular weight is 490 g/mol. The Morgan fingerprint density at radius 3 is 2.72 bits per heavy atom. The summed E-state index contributed by atoms with van der Waals surface area (Å²) in [6.45, 7) is 10.9. The second-order valence-electron chi connectivity index (χ2n) is 9.73. The molecule has 0 radical (unpaired) electrons. The van der Waals surface area contributed by atoms with Gasteiger partial charge in [-0.15, -0.1) is 0 Å². The molecule has 1 unspecified atom stereocenters. The van der Waals surface area contributed by atoms with E-state index in [0.717, 1.165) is 46.2 Å². The zero-order chi connectivity index (χ0) is 25.6. The number of carboxylic acids is 1. The molecule has 0 fully saturated rings. The molecule has 4 aromatic rings. The number of rotatable bonds is 7. The lowest BCUT2D eigenvalue weighted by Gasteiger charge is -2.24. The molecule has 0 amide bonds. The number of hydrogen-bond acceptors (Lipinski definition) is 6. The predicted octanol–water partition coefficient (Wildman–Crippen LogP) is 4.55. The summed E-state index contributed by atoms with van der Waals surface area (Å²) >= 11 is 0. The molecule has 0 saturated heterocycles. The van der Waals surface area contributed by atoms with Crippen molar-refractivity contribution in [2.24, 2.45) is 0 Å². The van der Waals surface area contributed by atoms with Crippen LogP contribution in [-0.2, 0) is 16.9 Å². The van der Waals surface area contributed by atoms with Gasteiger partial charge >= 0.3 is 5.97 Å². The number of fused-ring (bicyclic) bond motifs is 3. The fraction of sp³-hybridized carbons (Fsp3) is 0.423. The van der Waals surface area contributed by atoms with Crippen molar-refractivity contribution in [3.8, 4) is 39.8 Å². The third kappa shape index (κ3) is 3.96. The van der Waals surface area contributed by atoms with Crippen molar-refractivity contribution in [2.45, 2.75) is 65.6 Å². The zero-order valence-corrected chi connectivity index (χ0v) is 21.3. The number of benzene rings is 1. The SMILES string of the molecule is CCCC(C)(C(=O)O)n1cc(-c2ccc3c(c2)OCCn2cc(-c4nc(C)nn4C(C)C)nc2-3)cn1.